The van der Waals surface area contributed by atoms with Gasteiger partial charge in [-0.05, 0) is 48.9 Å². The summed E-state index contributed by atoms with van der Waals surface area (Å²) in [6, 6.07) is 8.01. The van der Waals surface area contributed by atoms with Crippen LogP contribution in [0.3, 0.4) is 0 Å². The van der Waals surface area contributed by atoms with Gasteiger partial charge < -0.3 is 26.8 Å². The van der Waals surface area contributed by atoms with Crippen LogP contribution in [0.5, 0.6) is 0 Å². The van der Waals surface area contributed by atoms with E-state index in [1.165, 1.54) is 27.8 Å². The Morgan fingerprint density at radius 2 is 1.90 bits per heavy atom. The summed E-state index contributed by atoms with van der Waals surface area (Å²) in [4.78, 5) is 53.1. The Balaban J connectivity index is 1.76. The Bertz CT molecular complexity index is 1560. The van der Waals surface area contributed by atoms with Crippen molar-refractivity contribution in [1.82, 2.24) is 25.3 Å². The summed E-state index contributed by atoms with van der Waals surface area (Å²) in [5.41, 5.74) is 10.1. The number of nitrogens with zero attached hydrogens (tertiary/aromatic N) is 3. The Morgan fingerprint density at radius 3 is 2.48 bits per heavy atom. The van der Waals surface area contributed by atoms with Crippen molar-refractivity contribution in [2.75, 3.05) is 12.3 Å². The fourth-order valence-electron chi connectivity index (χ4n) is 5.22. The lowest BCUT2D eigenvalue weighted by Gasteiger charge is -2.51. The minimum atomic E-state index is -1.37. The van der Waals surface area contributed by atoms with Gasteiger partial charge in [-0.25, -0.2) is 9.18 Å². The van der Waals surface area contributed by atoms with Gasteiger partial charge in [-0.3, -0.25) is 24.4 Å². The van der Waals surface area contributed by atoms with Crippen LogP contribution < -0.4 is 22.1 Å². The monoisotopic (exact) mass is 601 g/mol. The van der Waals surface area contributed by atoms with Crippen LogP contribution in [0.4, 0.5) is 14.9 Å². The molecular formula is C28H33ClFN7O5. The first-order valence-corrected chi connectivity index (χ1v) is 13.6. The smallest absolute Gasteiger partial charge is 0.406 e. The minimum Gasteiger partial charge on any atom is -0.465 e. The van der Waals surface area contributed by atoms with Crippen molar-refractivity contribution in [2.24, 2.45) is 11.1 Å². The number of carboxylic acid groups (broad SMARTS) is 1. The first-order valence-electron chi connectivity index (χ1n) is 13.2. The van der Waals surface area contributed by atoms with Gasteiger partial charge in [0, 0.05) is 23.2 Å². The molecule has 1 heterocycles. The zero-order chi connectivity index (χ0) is 31.0. The van der Waals surface area contributed by atoms with Gasteiger partial charge in [0.1, 0.15) is 24.1 Å². The highest BCUT2D eigenvalue weighted by Gasteiger charge is 2.50. The van der Waals surface area contributed by atoms with Crippen molar-refractivity contribution in [3.05, 3.63) is 58.5 Å². The molecule has 1 aliphatic carbocycles. The number of benzene rings is 2. The number of hydrogen-bond donors (Lipinski definition) is 5. The topological polar surface area (TPSA) is 186 Å². The molecule has 3 aromatic rings. The molecule has 1 aliphatic rings. The maximum absolute atomic E-state index is 14.5. The van der Waals surface area contributed by atoms with Crippen molar-refractivity contribution in [2.45, 2.75) is 58.3 Å². The third-order valence-electron chi connectivity index (χ3n) is 7.37. The van der Waals surface area contributed by atoms with Crippen molar-refractivity contribution in [3.63, 3.8) is 0 Å². The van der Waals surface area contributed by atoms with E-state index < -0.39 is 53.3 Å². The van der Waals surface area contributed by atoms with Crippen LogP contribution in [0.25, 0.3) is 10.9 Å². The van der Waals surface area contributed by atoms with E-state index in [-0.39, 0.29) is 35.7 Å². The number of anilines is 1. The number of primary amides is 1. The third-order valence-corrected chi connectivity index (χ3v) is 7.67. The van der Waals surface area contributed by atoms with E-state index in [0.717, 1.165) is 0 Å². The average molecular weight is 602 g/mol. The van der Waals surface area contributed by atoms with Gasteiger partial charge in [0.2, 0.25) is 11.8 Å². The molecule has 14 heteroatoms. The fourth-order valence-corrected chi connectivity index (χ4v) is 5.41. The zero-order valence-corrected chi connectivity index (χ0v) is 24.2. The molecule has 42 heavy (non-hydrogen) atoms. The van der Waals surface area contributed by atoms with Gasteiger partial charge >= 0.3 is 6.09 Å². The van der Waals surface area contributed by atoms with Crippen LogP contribution in [-0.4, -0.2) is 55.8 Å². The molecule has 1 saturated carbocycles. The highest BCUT2D eigenvalue weighted by molar-refractivity contribution is 6.30. The standard InChI is InChI=1S/C28H33ClFN7O5/c1-27(2,3)23(37-19-9-8-16(31)12-17(19)22(35-37)24(32)39)25(40)36(28(10-5-11-28)34-26(41)42)14-20(38)33-13-15-6-4-7-18(29)21(15)30/h4,6-9,12,23,34H,5,10-11,13-14,31H2,1-3H3,(H2,32,39)(H,33,38)(H,41,42). The number of aromatic nitrogens is 2. The molecule has 0 radical (unpaired) electrons. The maximum atomic E-state index is 14.5. The largest absolute Gasteiger partial charge is 0.465 e. The van der Waals surface area contributed by atoms with E-state index in [2.05, 4.69) is 15.7 Å². The number of nitrogens with two attached hydrogens (primary N) is 2. The summed E-state index contributed by atoms with van der Waals surface area (Å²) in [7, 11) is 0. The second kappa shape index (κ2) is 11.5. The van der Waals surface area contributed by atoms with Crippen LogP contribution in [0, 0.1) is 11.2 Å². The van der Waals surface area contributed by atoms with E-state index >= 15 is 0 Å². The molecule has 4 amide bonds. The number of nitrogen functional groups attached to an aromatic ring is 1. The number of nitrogens with one attached hydrogen (secondary N) is 2. The zero-order valence-electron chi connectivity index (χ0n) is 23.4. The van der Waals surface area contributed by atoms with Crippen molar-refractivity contribution >= 4 is 52.0 Å². The number of rotatable bonds is 9. The quantitative estimate of drug-likeness (QED) is 0.184. The average Bonchev–Trinajstić information content (AvgIpc) is 3.23. The predicted octanol–water partition coefficient (Wildman–Crippen LogP) is 3.39. The maximum Gasteiger partial charge on any atom is 0.406 e. The SMILES string of the molecule is CC(C)(C)C(C(=O)N(CC(=O)NCc1cccc(Cl)c1F)C1(NC(=O)O)CCC1)n1nc(C(N)=O)c2cc(N)ccc21. The molecular weight excluding hydrogens is 569 g/mol. The number of amides is 4. The van der Waals surface area contributed by atoms with Gasteiger partial charge in [-0.1, -0.05) is 44.5 Å². The van der Waals surface area contributed by atoms with Crippen LogP contribution in [0.1, 0.15) is 62.1 Å². The fraction of sp³-hybridized carbons (Fsp3) is 0.393. The van der Waals surface area contributed by atoms with E-state index in [4.69, 9.17) is 23.1 Å². The molecule has 0 aliphatic heterocycles. The van der Waals surface area contributed by atoms with Gasteiger partial charge in [-0.15, -0.1) is 0 Å². The summed E-state index contributed by atoms with van der Waals surface area (Å²) in [6.07, 6.45) is -0.227. The number of carbonyl (C=O) groups excluding carboxylic acids is 3. The summed E-state index contributed by atoms with van der Waals surface area (Å²) < 4.78 is 15.8. The van der Waals surface area contributed by atoms with Crippen molar-refractivity contribution < 1.29 is 28.7 Å². The van der Waals surface area contributed by atoms with E-state index in [9.17, 15) is 28.7 Å². The van der Waals surface area contributed by atoms with Gasteiger partial charge in [-0.2, -0.15) is 5.10 Å². The molecule has 1 unspecified atom stereocenters. The number of fused-ring (bicyclic) bond motifs is 1. The predicted molar refractivity (Wildman–Crippen MR) is 154 cm³/mol. The van der Waals surface area contributed by atoms with Crippen molar-refractivity contribution in [1.29, 1.82) is 0 Å². The normalized spacial score (nSPS) is 15.0. The van der Waals surface area contributed by atoms with Crippen LogP contribution >= 0.6 is 11.6 Å². The Kier molecular flexibility index (Phi) is 8.35. The Hall–Kier alpha value is -4.39. The molecule has 4 rings (SSSR count). The molecule has 0 saturated heterocycles. The summed E-state index contributed by atoms with van der Waals surface area (Å²) >= 11 is 5.85. The summed E-state index contributed by atoms with van der Waals surface area (Å²) in [5, 5.41) is 19.3. The molecule has 0 bridgehead atoms. The second-order valence-corrected chi connectivity index (χ2v) is 11.8. The highest BCUT2D eigenvalue weighted by atomic mass is 35.5. The molecule has 12 nitrogen and oxygen atoms in total. The van der Waals surface area contributed by atoms with Gasteiger partial charge in [0.05, 0.1) is 10.5 Å². The third kappa shape index (κ3) is 5.96. The van der Waals surface area contributed by atoms with E-state index in [1.54, 1.807) is 39.0 Å². The molecule has 0 spiro atoms. The molecule has 7 N–H and O–H groups in total. The number of carbonyl (C=O) groups is 4. The minimum absolute atomic E-state index is 0.0887. The van der Waals surface area contributed by atoms with Gasteiger partial charge in [0.25, 0.3) is 5.91 Å². The Labute approximate surface area is 246 Å². The first kappa shape index (κ1) is 30.6. The van der Waals surface area contributed by atoms with Crippen LogP contribution in [-0.2, 0) is 16.1 Å². The lowest BCUT2D eigenvalue weighted by Crippen LogP contribution is -2.68. The Morgan fingerprint density at radius 1 is 1.21 bits per heavy atom. The molecule has 2 aromatic carbocycles. The lowest BCUT2D eigenvalue weighted by atomic mass is 9.80. The molecule has 1 aromatic heterocycles. The number of halogens is 2. The summed E-state index contributed by atoms with van der Waals surface area (Å²) in [6.45, 7) is 4.60. The van der Waals surface area contributed by atoms with E-state index in [1.807, 2.05) is 0 Å². The van der Waals surface area contributed by atoms with Crippen LogP contribution in [0.15, 0.2) is 36.4 Å². The summed E-state index contributed by atoms with van der Waals surface area (Å²) in [5.74, 6) is -2.77. The van der Waals surface area contributed by atoms with Crippen LogP contribution in [0.2, 0.25) is 5.02 Å². The molecule has 1 fully saturated rings. The van der Waals surface area contributed by atoms with Crippen molar-refractivity contribution in [3.8, 4) is 0 Å². The van der Waals surface area contributed by atoms with Gasteiger partial charge in [0.15, 0.2) is 5.69 Å². The number of hydrogen-bond acceptors (Lipinski definition) is 6. The second-order valence-electron chi connectivity index (χ2n) is 11.4. The van der Waals surface area contributed by atoms with E-state index in [0.29, 0.717) is 23.0 Å². The lowest BCUT2D eigenvalue weighted by molar-refractivity contribution is -0.154. The highest BCUT2D eigenvalue weighted by Crippen LogP contribution is 2.41. The molecule has 224 valence electrons. The first-order chi connectivity index (χ1) is 19.6. The molecule has 1 atom stereocenters.